The van der Waals surface area contributed by atoms with E-state index in [1.807, 2.05) is 55.5 Å². The lowest BCUT2D eigenvalue weighted by molar-refractivity contribution is 0.340. The van der Waals surface area contributed by atoms with Crippen molar-refractivity contribution < 1.29 is 9.26 Å². The van der Waals surface area contributed by atoms with Crippen molar-refractivity contribution in [2.75, 3.05) is 6.61 Å². The summed E-state index contributed by atoms with van der Waals surface area (Å²) in [6.07, 6.45) is 0.967. The molecule has 4 rings (SSSR count). The summed E-state index contributed by atoms with van der Waals surface area (Å²) in [5, 5.41) is 14.4. The summed E-state index contributed by atoms with van der Waals surface area (Å²) in [6, 6.07) is 15.3. The molecule has 0 atom stereocenters. The monoisotopic (exact) mass is 455 g/mol. The van der Waals surface area contributed by atoms with Crippen LogP contribution in [0.25, 0.3) is 22.8 Å². The number of thioether (sulfide) groups is 1. The van der Waals surface area contributed by atoms with Crippen LogP contribution in [0.3, 0.4) is 0 Å². The van der Waals surface area contributed by atoms with Gasteiger partial charge < -0.3 is 13.8 Å². The second-order valence-electron chi connectivity index (χ2n) is 6.72. The van der Waals surface area contributed by atoms with E-state index in [4.69, 9.17) is 20.9 Å². The second-order valence-corrected chi connectivity index (χ2v) is 8.10. The van der Waals surface area contributed by atoms with E-state index < -0.39 is 0 Å². The van der Waals surface area contributed by atoms with E-state index >= 15 is 0 Å². The molecule has 2 aromatic carbocycles. The van der Waals surface area contributed by atoms with Gasteiger partial charge in [0.15, 0.2) is 11.0 Å². The third kappa shape index (κ3) is 5.08. The Balaban J connectivity index is 1.47. The van der Waals surface area contributed by atoms with Crippen molar-refractivity contribution in [3.8, 4) is 28.5 Å². The van der Waals surface area contributed by atoms with Gasteiger partial charge in [-0.05, 0) is 61.9 Å². The topological polar surface area (TPSA) is 78.9 Å². The molecule has 0 aliphatic rings. The molecule has 0 spiro atoms. The largest absolute Gasteiger partial charge is 0.494 e. The highest BCUT2D eigenvalue weighted by Crippen LogP contribution is 2.28. The summed E-state index contributed by atoms with van der Waals surface area (Å²) in [6.45, 7) is 5.53. The van der Waals surface area contributed by atoms with E-state index in [9.17, 15) is 0 Å². The first-order valence-corrected chi connectivity index (χ1v) is 11.4. The van der Waals surface area contributed by atoms with Crippen LogP contribution in [0.5, 0.6) is 5.75 Å². The Labute approximate surface area is 189 Å². The molecule has 2 heterocycles. The molecular formula is C22H22ClN5O2S. The van der Waals surface area contributed by atoms with Crippen molar-refractivity contribution in [1.82, 2.24) is 24.9 Å². The highest BCUT2D eigenvalue weighted by molar-refractivity contribution is 7.98. The molecule has 2 aromatic heterocycles. The van der Waals surface area contributed by atoms with Crippen LogP contribution < -0.4 is 4.74 Å². The summed E-state index contributed by atoms with van der Waals surface area (Å²) in [5.41, 5.74) is 1.86. The number of aromatic nitrogens is 5. The highest BCUT2D eigenvalue weighted by Gasteiger charge is 2.16. The molecule has 0 radical (unpaired) electrons. The van der Waals surface area contributed by atoms with E-state index in [-0.39, 0.29) is 0 Å². The van der Waals surface area contributed by atoms with Crippen LogP contribution >= 0.6 is 23.4 Å². The molecular weight excluding hydrogens is 434 g/mol. The third-order valence-electron chi connectivity index (χ3n) is 4.48. The maximum Gasteiger partial charge on any atom is 0.237 e. The number of nitrogens with zero attached hydrogens (tertiary/aromatic N) is 5. The van der Waals surface area contributed by atoms with Gasteiger partial charge in [-0.2, -0.15) is 4.98 Å². The number of hydrogen-bond donors (Lipinski definition) is 0. The van der Waals surface area contributed by atoms with E-state index in [2.05, 4.69) is 31.8 Å². The molecule has 9 heteroatoms. The first-order chi connectivity index (χ1) is 15.2. The smallest absolute Gasteiger partial charge is 0.237 e. The number of halogens is 1. The van der Waals surface area contributed by atoms with Gasteiger partial charge in [0.1, 0.15) is 5.75 Å². The lowest BCUT2D eigenvalue weighted by atomic mass is 10.2. The van der Waals surface area contributed by atoms with Gasteiger partial charge in [-0.15, -0.1) is 10.2 Å². The van der Waals surface area contributed by atoms with Crippen molar-refractivity contribution in [2.45, 2.75) is 37.7 Å². The quantitative estimate of drug-likeness (QED) is 0.297. The van der Waals surface area contributed by atoms with Crippen molar-refractivity contribution in [2.24, 2.45) is 0 Å². The SMILES string of the molecule is CCCn1c(SCc2nc(-c3ccc(OCC)cc3)no2)nnc1-c1ccc(Cl)cc1. The van der Waals surface area contributed by atoms with Crippen LogP contribution in [0.4, 0.5) is 0 Å². The molecule has 4 aromatic rings. The fourth-order valence-electron chi connectivity index (χ4n) is 3.06. The lowest BCUT2D eigenvalue weighted by Gasteiger charge is -2.08. The molecule has 0 aliphatic carbocycles. The summed E-state index contributed by atoms with van der Waals surface area (Å²) < 4.78 is 13.0. The normalized spacial score (nSPS) is 11.1. The lowest BCUT2D eigenvalue weighted by Crippen LogP contribution is -2.02. The standard InChI is InChI=1S/C22H22ClN5O2S/c1-3-13-28-21(16-5-9-17(23)10-6-16)25-26-22(28)31-14-19-24-20(27-30-19)15-7-11-18(12-8-15)29-4-2/h5-12H,3-4,13-14H2,1-2H3. The minimum atomic E-state index is 0.506. The van der Waals surface area contributed by atoms with Gasteiger partial charge in [-0.25, -0.2) is 0 Å². The fraction of sp³-hybridized carbons (Fsp3) is 0.273. The Morgan fingerprint density at radius 1 is 1.00 bits per heavy atom. The van der Waals surface area contributed by atoms with E-state index in [0.717, 1.165) is 40.8 Å². The van der Waals surface area contributed by atoms with Gasteiger partial charge in [0.05, 0.1) is 12.4 Å². The minimum absolute atomic E-state index is 0.506. The Morgan fingerprint density at radius 2 is 1.74 bits per heavy atom. The predicted octanol–water partition coefficient (Wildman–Crippen LogP) is 5.75. The van der Waals surface area contributed by atoms with Crippen molar-refractivity contribution in [1.29, 1.82) is 0 Å². The van der Waals surface area contributed by atoms with Gasteiger partial charge in [-0.1, -0.05) is 35.4 Å². The molecule has 0 amide bonds. The summed E-state index contributed by atoms with van der Waals surface area (Å²) in [7, 11) is 0. The zero-order chi connectivity index (χ0) is 21.6. The molecule has 0 fully saturated rings. The van der Waals surface area contributed by atoms with Crippen LogP contribution in [0.1, 0.15) is 26.2 Å². The first kappa shape index (κ1) is 21.4. The molecule has 0 N–H and O–H groups in total. The van der Waals surface area contributed by atoms with Crippen LogP contribution in [-0.2, 0) is 12.3 Å². The van der Waals surface area contributed by atoms with Crippen LogP contribution in [0.2, 0.25) is 5.02 Å². The molecule has 0 unspecified atom stereocenters. The highest BCUT2D eigenvalue weighted by atomic mass is 35.5. The van der Waals surface area contributed by atoms with Gasteiger partial charge in [-0.3, -0.25) is 0 Å². The average molecular weight is 456 g/mol. The molecule has 0 bridgehead atoms. The van der Waals surface area contributed by atoms with Crippen LogP contribution in [0, 0.1) is 0 Å². The summed E-state index contributed by atoms with van der Waals surface area (Å²) >= 11 is 7.54. The Hall–Kier alpha value is -2.84. The second kappa shape index (κ2) is 9.98. The molecule has 0 saturated carbocycles. The average Bonchev–Trinajstić information content (AvgIpc) is 3.41. The van der Waals surface area contributed by atoms with E-state index in [0.29, 0.717) is 29.1 Å². The Kier molecular flexibility index (Phi) is 6.89. The zero-order valence-electron chi connectivity index (χ0n) is 17.3. The fourth-order valence-corrected chi connectivity index (χ4v) is 3.99. The molecule has 160 valence electrons. The van der Waals surface area contributed by atoms with Crippen molar-refractivity contribution in [3.63, 3.8) is 0 Å². The molecule has 31 heavy (non-hydrogen) atoms. The third-order valence-corrected chi connectivity index (χ3v) is 5.69. The maximum atomic E-state index is 6.01. The summed E-state index contributed by atoms with van der Waals surface area (Å²) in [4.78, 5) is 4.51. The van der Waals surface area contributed by atoms with E-state index in [1.54, 1.807) is 0 Å². The Morgan fingerprint density at radius 3 is 2.45 bits per heavy atom. The maximum absolute atomic E-state index is 6.01. The number of rotatable bonds is 9. The van der Waals surface area contributed by atoms with Gasteiger partial charge >= 0.3 is 0 Å². The van der Waals surface area contributed by atoms with Crippen molar-refractivity contribution >= 4 is 23.4 Å². The van der Waals surface area contributed by atoms with Crippen molar-refractivity contribution in [3.05, 3.63) is 59.4 Å². The summed E-state index contributed by atoms with van der Waals surface area (Å²) in [5.74, 6) is 3.23. The van der Waals surface area contributed by atoms with Gasteiger partial charge in [0, 0.05) is 22.7 Å². The Bertz CT molecular complexity index is 1130. The van der Waals surface area contributed by atoms with Gasteiger partial charge in [0.25, 0.3) is 0 Å². The number of ether oxygens (including phenoxy) is 1. The predicted molar refractivity (Wildman–Crippen MR) is 121 cm³/mol. The van der Waals surface area contributed by atoms with Crippen LogP contribution in [0.15, 0.2) is 58.2 Å². The number of benzene rings is 2. The molecule has 0 saturated heterocycles. The van der Waals surface area contributed by atoms with E-state index in [1.165, 1.54) is 11.8 Å². The number of hydrogen-bond acceptors (Lipinski definition) is 7. The molecule has 0 aliphatic heterocycles. The first-order valence-electron chi connectivity index (χ1n) is 10.1. The van der Waals surface area contributed by atoms with Crippen LogP contribution in [-0.4, -0.2) is 31.5 Å². The minimum Gasteiger partial charge on any atom is -0.494 e. The van der Waals surface area contributed by atoms with Gasteiger partial charge in [0.2, 0.25) is 11.7 Å². The zero-order valence-corrected chi connectivity index (χ0v) is 18.9. The molecule has 7 nitrogen and oxygen atoms in total.